The lowest BCUT2D eigenvalue weighted by Gasteiger charge is -2.26. The van der Waals surface area contributed by atoms with Crippen molar-refractivity contribution in [2.75, 3.05) is 12.0 Å². The number of benzene rings is 3. The van der Waals surface area contributed by atoms with Crippen LogP contribution in [0.1, 0.15) is 22.7 Å². The van der Waals surface area contributed by atoms with E-state index in [1.54, 1.807) is 18.2 Å². The topological polar surface area (TPSA) is 87.1 Å². The molecule has 0 bridgehead atoms. The molecule has 9 heteroatoms. The van der Waals surface area contributed by atoms with E-state index in [9.17, 15) is 33.0 Å². The van der Waals surface area contributed by atoms with Gasteiger partial charge in [-0.25, -0.2) is 0 Å². The molecule has 34 heavy (non-hydrogen) atoms. The number of halogens is 3. The van der Waals surface area contributed by atoms with Crippen LogP contribution in [0.15, 0.2) is 78.4 Å². The van der Waals surface area contributed by atoms with Crippen molar-refractivity contribution in [1.29, 1.82) is 0 Å². The minimum absolute atomic E-state index is 0.122. The van der Waals surface area contributed by atoms with Gasteiger partial charge in [-0.1, -0.05) is 30.3 Å². The Balaban J connectivity index is 1.98. The van der Waals surface area contributed by atoms with Crippen molar-refractivity contribution in [3.63, 3.8) is 0 Å². The molecular formula is C25H18F3NO5. The molecule has 1 aliphatic rings. The third kappa shape index (κ3) is 3.96. The van der Waals surface area contributed by atoms with Gasteiger partial charge in [-0.15, -0.1) is 0 Å². The number of para-hydroxylation sites is 1. The highest BCUT2D eigenvalue weighted by Gasteiger charge is 2.47. The van der Waals surface area contributed by atoms with Crippen molar-refractivity contribution in [2.24, 2.45) is 0 Å². The summed E-state index contributed by atoms with van der Waals surface area (Å²) in [5.41, 5.74) is -1.21. The summed E-state index contributed by atoms with van der Waals surface area (Å²) in [5, 5.41) is 21.1. The first-order valence-corrected chi connectivity index (χ1v) is 10.0. The zero-order valence-electron chi connectivity index (χ0n) is 17.7. The number of Topliss-reactive ketones (excluding diaryl/α,β-unsaturated/α-hetero) is 1. The molecule has 0 aliphatic carbocycles. The Bertz CT molecular complexity index is 1320. The molecule has 1 fully saturated rings. The van der Waals surface area contributed by atoms with E-state index in [1.165, 1.54) is 43.5 Å². The molecule has 0 saturated carbocycles. The molecule has 0 radical (unpaired) electrons. The predicted octanol–water partition coefficient (Wildman–Crippen LogP) is 5.05. The van der Waals surface area contributed by atoms with E-state index in [0.717, 1.165) is 23.1 Å². The van der Waals surface area contributed by atoms with Crippen LogP contribution in [-0.2, 0) is 15.8 Å². The highest BCUT2D eigenvalue weighted by molar-refractivity contribution is 6.51. The van der Waals surface area contributed by atoms with Crippen molar-refractivity contribution in [2.45, 2.75) is 12.2 Å². The van der Waals surface area contributed by atoms with Crippen LogP contribution in [0.5, 0.6) is 11.5 Å². The van der Waals surface area contributed by atoms with Gasteiger partial charge >= 0.3 is 6.18 Å². The minimum Gasteiger partial charge on any atom is -0.508 e. The molecule has 1 amide bonds. The number of amides is 1. The molecule has 3 aromatic carbocycles. The van der Waals surface area contributed by atoms with E-state index in [4.69, 9.17) is 4.74 Å². The number of hydrogen-bond donors (Lipinski definition) is 2. The maximum absolute atomic E-state index is 13.3. The van der Waals surface area contributed by atoms with Gasteiger partial charge in [0, 0.05) is 5.69 Å². The summed E-state index contributed by atoms with van der Waals surface area (Å²) in [6.07, 6.45) is -4.68. The molecule has 1 aliphatic heterocycles. The number of nitrogens with zero attached hydrogens (tertiary/aromatic N) is 1. The largest absolute Gasteiger partial charge is 0.508 e. The van der Waals surface area contributed by atoms with Gasteiger partial charge in [0.25, 0.3) is 11.7 Å². The normalized spacial score (nSPS) is 17.8. The Hall–Kier alpha value is -4.27. The predicted molar refractivity (Wildman–Crippen MR) is 117 cm³/mol. The average Bonchev–Trinajstić information content (AvgIpc) is 3.08. The van der Waals surface area contributed by atoms with E-state index in [1.807, 2.05) is 0 Å². The first-order chi connectivity index (χ1) is 16.1. The van der Waals surface area contributed by atoms with Gasteiger partial charge in [0.2, 0.25) is 0 Å². The summed E-state index contributed by atoms with van der Waals surface area (Å²) in [4.78, 5) is 27.1. The van der Waals surface area contributed by atoms with Crippen molar-refractivity contribution in [1.82, 2.24) is 0 Å². The summed E-state index contributed by atoms with van der Waals surface area (Å²) in [6.45, 7) is 0. The van der Waals surface area contributed by atoms with Crippen molar-refractivity contribution in [3.8, 4) is 11.5 Å². The number of aliphatic hydroxyl groups is 1. The molecule has 2 N–H and O–H groups in total. The Morgan fingerprint density at radius 3 is 2.35 bits per heavy atom. The first kappa shape index (κ1) is 22.9. The average molecular weight is 469 g/mol. The fourth-order valence-corrected chi connectivity index (χ4v) is 3.93. The lowest BCUT2D eigenvalue weighted by molar-refractivity contribution is -0.137. The second kappa shape index (κ2) is 8.58. The molecule has 3 aromatic rings. The van der Waals surface area contributed by atoms with Crippen LogP contribution in [0.2, 0.25) is 0 Å². The number of ketones is 1. The number of anilines is 1. The number of carbonyl (C=O) groups is 2. The van der Waals surface area contributed by atoms with E-state index < -0.39 is 35.2 Å². The molecule has 0 aromatic heterocycles. The molecule has 174 valence electrons. The Kier molecular flexibility index (Phi) is 5.78. The van der Waals surface area contributed by atoms with Crippen LogP contribution in [0.25, 0.3) is 5.76 Å². The number of phenols is 1. The molecule has 6 nitrogen and oxygen atoms in total. The number of phenolic OH excluding ortho intramolecular Hbond substituents is 1. The molecule has 1 atom stereocenters. The van der Waals surface area contributed by atoms with Gasteiger partial charge in [-0.05, 0) is 48.0 Å². The zero-order chi connectivity index (χ0) is 24.6. The van der Waals surface area contributed by atoms with E-state index in [-0.39, 0.29) is 33.9 Å². The third-order valence-electron chi connectivity index (χ3n) is 5.44. The van der Waals surface area contributed by atoms with Crippen LogP contribution >= 0.6 is 0 Å². The monoisotopic (exact) mass is 469 g/mol. The summed E-state index contributed by atoms with van der Waals surface area (Å²) in [7, 11) is 1.36. The first-order valence-electron chi connectivity index (χ1n) is 10.0. The second-order valence-corrected chi connectivity index (χ2v) is 7.51. The number of rotatable bonds is 4. The number of aromatic hydroxyl groups is 1. The SMILES string of the molecule is COc1ccccc1/C(O)=C1\C(=O)C(=O)N(c2cccc(C(F)(F)F)c2)C1c1cccc(O)c1. The summed E-state index contributed by atoms with van der Waals surface area (Å²) in [6, 6.07) is 14.5. The molecule has 4 rings (SSSR count). The number of alkyl halides is 3. The van der Waals surface area contributed by atoms with E-state index in [0.29, 0.717) is 0 Å². The van der Waals surface area contributed by atoms with Gasteiger partial charge in [-0.3, -0.25) is 14.5 Å². The Morgan fingerprint density at radius 1 is 0.971 bits per heavy atom. The van der Waals surface area contributed by atoms with Crippen LogP contribution in [0.3, 0.4) is 0 Å². The van der Waals surface area contributed by atoms with Crippen LogP contribution in [0, 0.1) is 0 Å². The van der Waals surface area contributed by atoms with E-state index >= 15 is 0 Å². The number of aliphatic hydroxyl groups excluding tert-OH is 1. The van der Waals surface area contributed by atoms with Crippen LogP contribution in [0.4, 0.5) is 18.9 Å². The molecule has 1 saturated heterocycles. The van der Waals surface area contributed by atoms with Crippen molar-refractivity contribution in [3.05, 3.63) is 95.1 Å². The van der Waals surface area contributed by atoms with Gasteiger partial charge in [0.05, 0.1) is 29.9 Å². The lowest BCUT2D eigenvalue weighted by atomic mass is 9.94. The standard InChI is InChI=1S/C25H18F3NO5/c1-34-19-11-3-2-10-18(19)22(31)20-21(14-6-4-9-17(30)12-14)29(24(33)23(20)32)16-8-5-7-15(13-16)25(26,27)28/h2-13,21,30-31H,1H3/b22-20+. The van der Waals surface area contributed by atoms with Gasteiger partial charge in [0.1, 0.15) is 17.3 Å². The lowest BCUT2D eigenvalue weighted by Crippen LogP contribution is -2.29. The highest BCUT2D eigenvalue weighted by atomic mass is 19.4. The summed E-state index contributed by atoms with van der Waals surface area (Å²) >= 11 is 0. The van der Waals surface area contributed by atoms with Gasteiger partial charge < -0.3 is 14.9 Å². The second-order valence-electron chi connectivity index (χ2n) is 7.51. The number of ether oxygens (including phenoxy) is 1. The molecule has 1 unspecified atom stereocenters. The highest BCUT2D eigenvalue weighted by Crippen LogP contribution is 2.44. The van der Waals surface area contributed by atoms with Gasteiger partial charge in [-0.2, -0.15) is 13.2 Å². The smallest absolute Gasteiger partial charge is 0.416 e. The minimum atomic E-state index is -4.68. The summed E-state index contributed by atoms with van der Waals surface area (Å²) < 4.78 is 45.3. The molecular weight excluding hydrogens is 451 g/mol. The zero-order valence-corrected chi connectivity index (χ0v) is 17.7. The maximum atomic E-state index is 13.3. The van der Waals surface area contributed by atoms with Crippen LogP contribution < -0.4 is 9.64 Å². The number of methoxy groups -OCH3 is 1. The molecule has 1 heterocycles. The van der Waals surface area contributed by atoms with E-state index in [2.05, 4.69) is 0 Å². The fraction of sp³-hybridized carbons (Fsp3) is 0.120. The quantitative estimate of drug-likeness (QED) is 0.317. The molecule has 0 spiro atoms. The Morgan fingerprint density at radius 2 is 1.68 bits per heavy atom. The van der Waals surface area contributed by atoms with Crippen molar-refractivity contribution < 1.29 is 37.7 Å². The fourth-order valence-electron chi connectivity index (χ4n) is 3.93. The maximum Gasteiger partial charge on any atom is 0.416 e. The van der Waals surface area contributed by atoms with Gasteiger partial charge in [0.15, 0.2) is 0 Å². The Labute approximate surface area is 192 Å². The third-order valence-corrected chi connectivity index (χ3v) is 5.44. The summed E-state index contributed by atoms with van der Waals surface area (Å²) in [5.74, 6) is -2.73. The van der Waals surface area contributed by atoms with Crippen LogP contribution in [-0.4, -0.2) is 29.0 Å². The number of hydrogen-bond acceptors (Lipinski definition) is 5. The van der Waals surface area contributed by atoms with Crippen molar-refractivity contribution >= 4 is 23.1 Å². The number of carbonyl (C=O) groups excluding carboxylic acids is 2.